The van der Waals surface area contributed by atoms with E-state index in [4.69, 9.17) is 4.74 Å². The highest BCUT2D eigenvalue weighted by atomic mass is 16.5. The van der Waals surface area contributed by atoms with Crippen molar-refractivity contribution in [1.82, 2.24) is 25.3 Å². The average molecular weight is 277 g/mol. The van der Waals surface area contributed by atoms with Crippen LogP contribution in [0.25, 0.3) is 11.4 Å². The van der Waals surface area contributed by atoms with Crippen molar-refractivity contribution in [2.24, 2.45) is 7.05 Å². The zero-order chi connectivity index (χ0) is 14.7. The number of ether oxygens (including phenoxy) is 1. The third kappa shape index (κ3) is 2.68. The van der Waals surface area contributed by atoms with E-state index in [1.165, 1.54) is 17.8 Å². The summed E-state index contributed by atoms with van der Waals surface area (Å²) < 4.78 is 6.52. The van der Waals surface area contributed by atoms with Crippen LogP contribution in [0.1, 0.15) is 11.4 Å². The predicted molar refractivity (Wildman–Crippen MR) is 69.9 cm³/mol. The van der Waals surface area contributed by atoms with Gasteiger partial charge in [0.25, 0.3) is 0 Å². The molecule has 2 rings (SSSR count). The van der Waals surface area contributed by atoms with Crippen molar-refractivity contribution < 1.29 is 14.6 Å². The third-order valence-corrected chi connectivity index (χ3v) is 2.79. The molecule has 2 N–H and O–H groups in total. The van der Waals surface area contributed by atoms with E-state index in [9.17, 15) is 9.90 Å². The molecule has 0 atom stereocenters. The van der Waals surface area contributed by atoms with Gasteiger partial charge in [0.15, 0.2) is 0 Å². The first-order chi connectivity index (χ1) is 9.52. The summed E-state index contributed by atoms with van der Waals surface area (Å²) in [5.41, 5.74) is 2.18. The third-order valence-electron chi connectivity index (χ3n) is 2.79. The van der Waals surface area contributed by atoms with Crippen molar-refractivity contribution in [2.45, 2.75) is 13.5 Å². The summed E-state index contributed by atoms with van der Waals surface area (Å²) in [6, 6.07) is 3.17. The summed E-state index contributed by atoms with van der Waals surface area (Å²) in [5.74, 6) is 0.112. The number of carbonyl (C=O) groups excluding carboxylic acids is 1. The summed E-state index contributed by atoms with van der Waals surface area (Å²) in [6.45, 7) is 1.72. The van der Waals surface area contributed by atoms with Gasteiger partial charge in [-0.2, -0.15) is 0 Å². The van der Waals surface area contributed by atoms with E-state index in [1.807, 2.05) is 0 Å². The Hall–Kier alpha value is -2.64. The zero-order valence-corrected chi connectivity index (χ0v) is 11.4. The Morgan fingerprint density at radius 1 is 1.50 bits per heavy atom. The standard InChI is InChI=1S/C12H15N5O3/c1-7-10(18)5-4-8(14-7)11-9(17(3)16-15-11)6-20-12(19)13-2/h4-5,18H,6H2,1-3H3,(H,13,19). The lowest BCUT2D eigenvalue weighted by Crippen LogP contribution is -2.19. The number of aryl methyl sites for hydroxylation is 2. The molecule has 0 unspecified atom stereocenters. The molecule has 0 aromatic carbocycles. The van der Waals surface area contributed by atoms with Crippen LogP contribution in [0, 0.1) is 6.92 Å². The molecule has 0 aliphatic heterocycles. The molecule has 2 heterocycles. The highest BCUT2D eigenvalue weighted by molar-refractivity contribution is 5.67. The minimum atomic E-state index is -0.535. The van der Waals surface area contributed by atoms with E-state index in [0.29, 0.717) is 22.8 Å². The largest absolute Gasteiger partial charge is 0.506 e. The molecule has 2 aromatic heterocycles. The van der Waals surface area contributed by atoms with Crippen LogP contribution < -0.4 is 5.32 Å². The van der Waals surface area contributed by atoms with Crippen LogP contribution in [0.4, 0.5) is 4.79 Å². The lowest BCUT2D eigenvalue weighted by Gasteiger charge is -2.06. The van der Waals surface area contributed by atoms with Gasteiger partial charge >= 0.3 is 6.09 Å². The first-order valence-electron chi connectivity index (χ1n) is 5.93. The van der Waals surface area contributed by atoms with E-state index in [-0.39, 0.29) is 12.4 Å². The minimum Gasteiger partial charge on any atom is -0.506 e. The normalized spacial score (nSPS) is 10.3. The van der Waals surface area contributed by atoms with Crippen LogP contribution >= 0.6 is 0 Å². The van der Waals surface area contributed by atoms with Gasteiger partial charge in [0, 0.05) is 14.1 Å². The van der Waals surface area contributed by atoms with Crippen molar-refractivity contribution in [3.8, 4) is 17.1 Å². The molecule has 2 aromatic rings. The van der Waals surface area contributed by atoms with Gasteiger partial charge < -0.3 is 15.2 Å². The number of nitrogens with zero attached hydrogens (tertiary/aromatic N) is 4. The van der Waals surface area contributed by atoms with Crippen LogP contribution in [0.2, 0.25) is 0 Å². The van der Waals surface area contributed by atoms with E-state index in [1.54, 1.807) is 20.0 Å². The van der Waals surface area contributed by atoms with Crippen molar-refractivity contribution >= 4 is 6.09 Å². The fourth-order valence-corrected chi connectivity index (χ4v) is 1.63. The summed E-state index contributed by atoms with van der Waals surface area (Å²) >= 11 is 0. The smallest absolute Gasteiger partial charge is 0.407 e. The van der Waals surface area contributed by atoms with Gasteiger partial charge in [-0.3, -0.25) is 0 Å². The second-order valence-corrected chi connectivity index (χ2v) is 4.14. The van der Waals surface area contributed by atoms with Gasteiger partial charge in [0.05, 0.1) is 11.4 Å². The Morgan fingerprint density at radius 3 is 2.90 bits per heavy atom. The molecule has 1 amide bonds. The molecule has 0 aliphatic rings. The Balaban J connectivity index is 2.32. The zero-order valence-electron chi connectivity index (χ0n) is 11.4. The molecule has 0 spiro atoms. The van der Waals surface area contributed by atoms with E-state index in [0.717, 1.165) is 0 Å². The van der Waals surface area contributed by atoms with Crippen LogP contribution in [-0.2, 0) is 18.4 Å². The lowest BCUT2D eigenvalue weighted by molar-refractivity contribution is 0.139. The van der Waals surface area contributed by atoms with Crippen molar-refractivity contribution in [3.05, 3.63) is 23.5 Å². The second-order valence-electron chi connectivity index (χ2n) is 4.14. The molecule has 8 nitrogen and oxygen atoms in total. The predicted octanol–water partition coefficient (Wildman–Crippen LogP) is 0.747. The molecule has 0 saturated heterocycles. The Morgan fingerprint density at radius 2 is 2.25 bits per heavy atom. The summed E-state index contributed by atoms with van der Waals surface area (Å²) in [5, 5.41) is 19.8. The van der Waals surface area contributed by atoms with E-state index >= 15 is 0 Å². The summed E-state index contributed by atoms with van der Waals surface area (Å²) in [6.07, 6.45) is -0.535. The van der Waals surface area contributed by atoms with Crippen molar-refractivity contribution in [1.29, 1.82) is 0 Å². The molecule has 0 bridgehead atoms. The van der Waals surface area contributed by atoms with Gasteiger partial charge in [-0.15, -0.1) is 5.10 Å². The maximum absolute atomic E-state index is 11.1. The fraction of sp³-hybridized carbons (Fsp3) is 0.333. The maximum atomic E-state index is 11.1. The number of hydrogen-bond acceptors (Lipinski definition) is 6. The lowest BCUT2D eigenvalue weighted by atomic mass is 10.2. The fourth-order valence-electron chi connectivity index (χ4n) is 1.63. The van der Waals surface area contributed by atoms with Gasteiger partial charge in [0.1, 0.15) is 23.7 Å². The van der Waals surface area contributed by atoms with E-state index < -0.39 is 6.09 Å². The SMILES string of the molecule is CNC(=O)OCc1c(-c2ccc(O)c(C)n2)nnn1C. The van der Waals surface area contributed by atoms with Gasteiger partial charge in [-0.25, -0.2) is 14.5 Å². The monoisotopic (exact) mass is 277 g/mol. The minimum absolute atomic E-state index is 0.0279. The molecule has 0 saturated carbocycles. The Labute approximate surface area is 115 Å². The van der Waals surface area contributed by atoms with Crippen LogP contribution in [0.15, 0.2) is 12.1 Å². The number of aromatic hydroxyl groups is 1. The van der Waals surface area contributed by atoms with Crippen LogP contribution in [-0.4, -0.2) is 38.2 Å². The summed E-state index contributed by atoms with van der Waals surface area (Å²) in [4.78, 5) is 15.4. The molecule has 20 heavy (non-hydrogen) atoms. The number of aromatic nitrogens is 4. The average Bonchev–Trinajstić information content (AvgIpc) is 2.80. The summed E-state index contributed by atoms with van der Waals surface area (Å²) in [7, 11) is 3.18. The number of nitrogens with one attached hydrogen (secondary N) is 1. The quantitative estimate of drug-likeness (QED) is 0.858. The molecule has 106 valence electrons. The van der Waals surface area contributed by atoms with Gasteiger partial charge in [-0.05, 0) is 19.1 Å². The van der Waals surface area contributed by atoms with Crippen LogP contribution in [0.5, 0.6) is 5.75 Å². The van der Waals surface area contributed by atoms with E-state index in [2.05, 4.69) is 20.6 Å². The molecule has 0 aliphatic carbocycles. The topological polar surface area (TPSA) is 102 Å². The highest BCUT2D eigenvalue weighted by Crippen LogP contribution is 2.23. The molecule has 8 heteroatoms. The number of rotatable bonds is 3. The van der Waals surface area contributed by atoms with Crippen molar-refractivity contribution in [3.63, 3.8) is 0 Å². The maximum Gasteiger partial charge on any atom is 0.407 e. The first kappa shape index (κ1) is 13.8. The number of pyridine rings is 1. The van der Waals surface area contributed by atoms with Gasteiger partial charge in [-0.1, -0.05) is 5.21 Å². The van der Waals surface area contributed by atoms with Crippen molar-refractivity contribution in [2.75, 3.05) is 7.05 Å². The van der Waals surface area contributed by atoms with Crippen LogP contribution in [0.3, 0.4) is 0 Å². The number of hydrogen-bond donors (Lipinski definition) is 2. The number of carbonyl (C=O) groups is 1. The Bertz CT molecular complexity index is 638. The number of amides is 1. The second kappa shape index (κ2) is 5.55. The highest BCUT2D eigenvalue weighted by Gasteiger charge is 2.16. The molecular weight excluding hydrogens is 262 g/mol. The molecule has 0 radical (unpaired) electrons. The van der Waals surface area contributed by atoms with Gasteiger partial charge in [0.2, 0.25) is 0 Å². The Kier molecular flexibility index (Phi) is 3.83. The molecule has 0 fully saturated rings. The molecular formula is C12H15N5O3. The first-order valence-corrected chi connectivity index (χ1v) is 5.93. The number of alkyl carbamates (subject to hydrolysis) is 1.